The van der Waals surface area contributed by atoms with E-state index in [9.17, 15) is 0 Å². The van der Waals surface area contributed by atoms with E-state index in [-0.39, 0.29) is 0 Å². The summed E-state index contributed by atoms with van der Waals surface area (Å²) in [6.07, 6.45) is 6.41. The van der Waals surface area contributed by atoms with Gasteiger partial charge in [-0.3, -0.25) is 4.68 Å². The largest absolute Gasteiger partial charge is 0.263 e. The van der Waals surface area contributed by atoms with Crippen LogP contribution in [0.3, 0.4) is 0 Å². The van der Waals surface area contributed by atoms with Crippen LogP contribution >= 0.6 is 22.9 Å². The molecule has 1 atom stereocenters. The molecular weight excluding hydrogens is 404 g/mol. The Kier molecular flexibility index (Phi) is 4.26. The third-order valence-electron chi connectivity index (χ3n) is 6.76. The summed E-state index contributed by atoms with van der Waals surface area (Å²) in [4.78, 5) is 12.1. The van der Waals surface area contributed by atoms with Crippen molar-refractivity contribution in [1.82, 2.24) is 29.4 Å². The first-order valence-corrected chi connectivity index (χ1v) is 11.3. The molecule has 0 aromatic carbocycles. The van der Waals surface area contributed by atoms with Crippen molar-refractivity contribution < 1.29 is 0 Å². The van der Waals surface area contributed by atoms with Gasteiger partial charge >= 0.3 is 0 Å². The topological polar surface area (TPSA) is 60.9 Å². The second kappa shape index (κ2) is 6.51. The number of hydrogen-bond acceptors (Lipinski definition) is 5. The van der Waals surface area contributed by atoms with Gasteiger partial charge in [0.2, 0.25) is 5.82 Å². The minimum absolute atomic E-state index is 0.368. The first kappa shape index (κ1) is 19.0. The average Bonchev–Trinajstić information content (AvgIpc) is 3.34. The maximum atomic E-state index is 6.47. The summed E-state index contributed by atoms with van der Waals surface area (Å²) in [5.41, 5.74) is 4.18. The highest BCUT2D eigenvalue weighted by Crippen LogP contribution is 2.45. The predicted molar refractivity (Wildman–Crippen MR) is 118 cm³/mol. The van der Waals surface area contributed by atoms with Gasteiger partial charge in [0.25, 0.3) is 0 Å². The van der Waals surface area contributed by atoms with Crippen molar-refractivity contribution >= 4 is 38.8 Å². The summed E-state index contributed by atoms with van der Waals surface area (Å²) >= 11 is 8.30. The normalized spacial score (nSPS) is 17.4. The van der Waals surface area contributed by atoms with Crippen LogP contribution in [0.1, 0.15) is 49.7 Å². The van der Waals surface area contributed by atoms with Crippen LogP contribution < -0.4 is 0 Å². The van der Waals surface area contributed by atoms with Crippen LogP contribution in [0, 0.1) is 18.3 Å². The van der Waals surface area contributed by atoms with Crippen molar-refractivity contribution in [1.29, 1.82) is 0 Å². The lowest BCUT2D eigenvalue weighted by Gasteiger charge is -2.36. The van der Waals surface area contributed by atoms with Gasteiger partial charge in [-0.25, -0.2) is 14.5 Å². The number of rotatable bonds is 3. The number of thiophene rings is 1. The standard InChI is InChI=1S/C21H25ClN6S/c1-6-21(3,4)12-7-8-13-14(9-12)29-20-15(13)19-24-18(26-28(19)10-23-20)17-16(22)11(2)25-27(17)5/h10,12H,6-9H2,1-5H3/t12-/m1/s1. The zero-order valence-corrected chi connectivity index (χ0v) is 19.0. The molecule has 4 aromatic heterocycles. The third-order valence-corrected chi connectivity index (χ3v) is 8.38. The zero-order chi connectivity index (χ0) is 20.5. The van der Waals surface area contributed by atoms with Gasteiger partial charge in [0.15, 0.2) is 5.65 Å². The molecule has 0 fully saturated rings. The van der Waals surface area contributed by atoms with Gasteiger partial charge < -0.3 is 0 Å². The van der Waals surface area contributed by atoms with E-state index < -0.39 is 0 Å². The van der Waals surface area contributed by atoms with E-state index >= 15 is 0 Å². The molecule has 0 aliphatic heterocycles. The van der Waals surface area contributed by atoms with E-state index in [0.717, 1.165) is 40.1 Å². The van der Waals surface area contributed by atoms with Gasteiger partial charge in [-0.2, -0.15) is 5.10 Å². The number of fused-ring (bicyclic) bond motifs is 5. The van der Waals surface area contributed by atoms with Gasteiger partial charge in [0.1, 0.15) is 16.9 Å². The Bertz CT molecular complexity index is 1250. The first-order valence-electron chi connectivity index (χ1n) is 10.1. The molecule has 1 aliphatic carbocycles. The van der Waals surface area contributed by atoms with Crippen LogP contribution in [-0.2, 0) is 19.9 Å². The van der Waals surface area contributed by atoms with Crippen LogP contribution in [0.4, 0.5) is 0 Å². The maximum absolute atomic E-state index is 6.47. The second-order valence-electron chi connectivity index (χ2n) is 8.79. The molecule has 4 aromatic rings. The smallest absolute Gasteiger partial charge is 0.202 e. The van der Waals surface area contributed by atoms with Crippen LogP contribution in [0.2, 0.25) is 5.02 Å². The highest BCUT2D eigenvalue weighted by atomic mass is 35.5. The van der Waals surface area contributed by atoms with Crippen molar-refractivity contribution in [3.05, 3.63) is 27.5 Å². The Morgan fingerprint density at radius 1 is 1.31 bits per heavy atom. The summed E-state index contributed by atoms with van der Waals surface area (Å²) in [5.74, 6) is 1.31. The highest BCUT2D eigenvalue weighted by Gasteiger charge is 2.33. The van der Waals surface area contributed by atoms with Gasteiger partial charge in [-0.1, -0.05) is 38.8 Å². The fraction of sp³-hybridized carbons (Fsp3) is 0.524. The van der Waals surface area contributed by atoms with Crippen molar-refractivity contribution in [3.8, 4) is 11.5 Å². The lowest BCUT2D eigenvalue weighted by atomic mass is 9.70. The SMILES string of the molecule is CCC(C)(C)[C@@H]1CCc2c(sc3ncn4nc(-c5c(Cl)c(C)nn5C)nc4c23)C1. The van der Waals surface area contributed by atoms with E-state index in [2.05, 4.69) is 31.0 Å². The van der Waals surface area contributed by atoms with E-state index in [1.54, 1.807) is 15.5 Å². The van der Waals surface area contributed by atoms with Crippen LogP contribution in [0.15, 0.2) is 6.33 Å². The zero-order valence-electron chi connectivity index (χ0n) is 17.5. The summed E-state index contributed by atoms with van der Waals surface area (Å²) in [5, 5.41) is 10.8. The van der Waals surface area contributed by atoms with Crippen LogP contribution in [-0.4, -0.2) is 29.4 Å². The minimum atomic E-state index is 0.368. The Balaban J connectivity index is 1.66. The van der Waals surface area contributed by atoms with E-state index in [1.165, 1.54) is 23.3 Å². The maximum Gasteiger partial charge on any atom is 0.202 e. The van der Waals surface area contributed by atoms with Crippen molar-refractivity contribution in [2.24, 2.45) is 18.4 Å². The highest BCUT2D eigenvalue weighted by molar-refractivity contribution is 7.19. The Hall–Kier alpha value is -1.99. The van der Waals surface area contributed by atoms with E-state index in [0.29, 0.717) is 22.2 Å². The number of nitrogens with zero attached hydrogens (tertiary/aromatic N) is 6. The second-order valence-corrected chi connectivity index (χ2v) is 10.2. The molecule has 0 bridgehead atoms. The molecule has 29 heavy (non-hydrogen) atoms. The summed E-state index contributed by atoms with van der Waals surface area (Å²) in [7, 11) is 1.87. The van der Waals surface area contributed by atoms with Gasteiger partial charge in [-0.05, 0) is 43.1 Å². The van der Waals surface area contributed by atoms with Crippen molar-refractivity contribution in [3.63, 3.8) is 0 Å². The summed E-state index contributed by atoms with van der Waals surface area (Å²) < 4.78 is 3.53. The molecule has 0 amide bonds. The fourth-order valence-electron chi connectivity index (χ4n) is 4.51. The van der Waals surface area contributed by atoms with Gasteiger partial charge in [-0.15, -0.1) is 16.4 Å². The molecule has 8 heteroatoms. The molecule has 0 saturated carbocycles. The molecule has 4 heterocycles. The molecule has 0 spiro atoms. The predicted octanol–water partition coefficient (Wildman–Crippen LogP) is 5.24. The number of hydrogen-bond donors (Lipinski definition) is 0. The molecule has 152 valence electrons. The molecule has 5 rings (SSSR count). The minimum Gasteiger partial charge on any atom is -0.263 e. The monoisotopic (exact) mass is 428 g/mol. The molecule has 1 aliphatic rings. The number of aryl methyl sites for hydroxylation is 3. The van der Waals surface area contributed by atoms with E-state index in [4.69, 9.17) is 21.6 Å². The van der Waals surface area contributed by atoms with Gasteiger partial charge in [0.05, 0.1) is 16.1 Å². The molecule has 6 nitrogen and oxygen atoms in total. The fourth-order valence-corrected chi connectivity index (χ4v) is 6.01. The van der Waals surface area contributed by atoms with Crippen molar-refractivity contribution in [2.45, 2.75) is 53.4 Å². The first-order chi connectivity index (χ1) is 13.8. The summed E-state index contributed by atoms with van der Waals surface area (Å²) in [6.45, 7) is 8.99. The molecule has 0 N–H and O–H groups in total. The Morgan fingerprint density at radius 2 is 2.10 bits per heavy atom. The van der Waals surface area contributed by atoms with E-state index in [1.807, 2.05) is 25.3 Å². The van der Waals surface area contributed by atoms with Gasteiger partial charge in [0, 0.05) is 11.9 Å². The van der Waals surface area contributed by atoms with Crippen molar-refractivity contribution in [2.75, 3.05) is 0 Å². The molecule has 0 radical (unpaired) electrons. The lowest BCUT2D eigenvalue weighted by molar-refractivity contribution is 0.184. The Morgan fingerprint density at radius 3 is 2.79 bits per heavy atom. The third kappa shape index (κ3) is 2.81. The lowest BCUT2D eigenvalue weighted by Crippen LogP contribution is -2.28. The van der Waals surface area contributed by atoms with Crippen LogP contribution in [0.25, 0.3) is 27.4 Å². The number of halogens is 1. The quantitative estimate of drug-likeness (QED) is 0.447. The Labute approximate surface area is 178 Å². The molecular formula is C21H25ClN6S. The molecule has 0 unspecified atom stereocenters. The molecule has 0 saturated heterocycles. The number of aromatic nitrogens is 6. The average molecular weight is 429 g/mol. The summed E-state index contributed by atoms with van der Waals surface area (Å²) in [6, 6.07) is 0. The van der Waals surface area contributed by atoms with Crippen LogP contribution in [0.5, 0.6) is 0 Å².